The van der Waals surface area contributed by atoms with E-state index in [1.54, 1.807) is 7.11 Å². The second kappa shape index (κ2) is 10.5. The Labute approximate surface area is 154 Å². The second-order valence-corrected chi connectivity index (χ2v) is 6.10. The Morgan fingerprint density at radius 1 is 1.08 bits per heavy atom. The van der Waals surface area contributed by atoms with Crippen molar-refractivity contribution in [3.63, 3.8) is 0 Å². The highest BCUT2D eigenvalue weighted by Gasteiger charge is 2.29. The van der Waals surface area contributed by atoms with Crippen LogP contribution < -0.4 is 10.1 Å². The van der Waals surface area contributed by atoms with Gasteiger partial charge in [-0.25, -0.2) is 0 Å². The van der Waals surface area contributed by atoms with Crippen LogP contribution in [0.2, 0.25) is 0 Å². The molecule has 1 N–H and O–H groups in total. The maximum Gasteiger partial charge on any atom is 0.230 e. The fraction of sp³-hybridized carbons (Fsp3) is 0.400. The molecule has 0 spiro atoms. The van der Waals surface area contributed by atoms with Crippen molar-refractivity contribution in [3.8, 4) is 5.75 Å². The summed E-state index contributed by atoms with van der Waals surface area (Å²) in [5.41, 5.74) is 2.09. The molecule has 2 rings (SSSR count). The summed E-state index contributed by atoms with van der Waals surface area (Å²) in [6, 6.07) is 16.4. The van der Waals surface area contributed by atoms with Crippen molar-refractivity contribution >= 4 is 0 Å². The molecule has 0 unspecified atom stereocenters. The van der Waals surface area contributed by atoms with Crippen LogP contribution in [0.1, 0.15) is 24.5 Å². The summed E-state index contributed by atoms with van der Waals surface area (Å²) in [7, 11) is 1.62. The molecular weight excluding hydrogens is 332 g/mol. The van der Waals surface area contributed by atoms with Gasteiger partial charge in [-0.1, -0.05) is 49.4 Å². The van der Waals surface area contributed by atoms with E-state index in [-0.39, 0.29) is 17.6 Å². The van der Waals surface area contributed by atoms with Crippen molar-refractivity contribution in [2.24, 2.45) is 0 Å². The summed E-state index contributed by atoms with van der Waals surface area (Å²) in [6.07, 6.45) is 0.446. The van der Waals surface area contributed by atoms with E-state index in [4.69, 9.17) is 9.47 Å². The molecule has 0 aromatic heterocycles. The minimum absolute atomic E-state index is 0.225. The van der Waals surface area contributed by atoms with Crippen molar-refractivity contribution in [3.05, 3.63) is 75.8 Å². The fourth-order valence-corrected chi connectivity index (χ4v) is 2.76. The third-order valence-corrected chi connectivity index (χ3v) is 4.29. The Balaban J connectivity index is 1.94. The van der Waals surface area contributed by atoms with Crippen molar-refractivity contribution in [1.82, 2.24) is 5.32 Å². The van der Waals surface area contributed by atoms with Crippen molar-refractivity contribution in [2.45, 2.75) is 38.6 Å². The van der Waals surface area contributed by atoms with Crippen LogP contribution in [0.5, 0.6) is 5.75 Å². The van der Waals surface area contributed by atoms with E-state index in [2.05, 4.69) is 5.32 Å². The van der Waals surface area contributed by atoms with E-state index in [0.717, 1.165) is 16.9 Å². The zero-order valence-electron chi connectivity index (χ0n) is 15.3. The molecule has 0 aliphatic rings. The van der Waals surface area contributed by atoms with Crippen LogP contribution in [0.15, 0.2) is 54.6 Å². The Morgan fingerprint density at radius 3 is 2.35 bits per heavy atom. The van der Waals surface area contributed by atoms with Gasteiger partial charge in [-0.2, -0.15) is 0 Å². The third kappa shape index (κ3) is 6.13. The van der Waals surface area contributed by atoms with Gasteiger partial charge in [-0.3, -0.25) is 10.1 Å². The number of ether oxygens (including phenoxy) is 2. The van der Waals surface area contributed by atoms with Gasteiger partial charge in [0.1, 0.15) is 5.75 Å². The molecule has 0 saturated heterocycles. The molecule has 26 heavy (non-hydrogen) atoms. The zero-order chi connectivity index (χ0) is 18.8. The summed E-state index contributed by atoms with van der Waals surface area (Å²) in [6.45, 7) is 3.08. The number of nitrogens with one attached hydrogen (secondary N) is 1. The van der Waals surface area contributed by atoms with Crippen LogP contribution in [-0.2, 0) is 17.9 Å². The lowest BCUT2D eigenvalue weighted by Gasteiger charge is -2.22. The highest BCUT2D eigenvalue weighted by molar-refractivity contribution is 5.27. The normalized spacial score (nSPS) is 13.2. The lowest BCUT2D eigenvalue weighted by molar-refractivity contribution is -0.528. The molecule has 6 nitrogen and oxygen atoms in total. The number of hydrogen-bond donors (Lipinski definition) is 1. The largest absolute Gasteiger partial charge is 0.497 e. The van der Waals surface area contributed by atoms with Crippen LogP contribution in [0.3, 0.4) is 0 Å². The Kier molecular flexibility index (Phi) is 8.05. The first-order valence-corrected chi connectivity index (χ1v) is 8.75. The number of methoxy groups -OCH3 is 1. The summed E-state index contributed by atoms with van der Waals surface area (Å²) in [5, 5.41) is 14.7. The van der Waals surface area contributed by atoms with Gasteiger partial charge < -0.3 is 14.8 Å². The van der Waals surface area contributed by atoms with E-state index < -0.39 is 6.04 Å². The lowest BCUT2D eigenvalue weighted by atomic mass is 10.1. The molecule has 0 heterocycles. The zero-order valence-corrected chi connectivity index (χ0v) is 15.3. The number of hydrogen-bond acceptors (Lipinski definition) is 5. The van der Waals surface area contributed by atoms with Crippen LogP contribution in [0, 0.1) is 10.1 Å². The molecule has 0 aliphatic heterocycles. The number of nitro groups is 1. The first-order chi connectivity index (χ1) is 12.6. The smallest absolute Gasteiger partial charge is 0.230 e. The van der Waals surface area contributed by atoms with Crippen molar-refractivity contribution in [2.75, 3.05) is 13.7 Å². The first kappa shape index (κ1) is 19.9. The first-order valence-electron chi connectivity index (χ1n) is 8.75. The molecule has 2 atom stereocenters. The third-order valence-electron chi connectivity index (χ3n) is 4.29. The van der Waals surface area contributed by atoms with Crippen LogP contribution in [0.4, 0.5) is 0 Å². The molecule has 2 aromatic carbocycles. The fourth-order valence-electron chi connectivity index (χ4n) is 2.76. The lowest BCUT2D eigenvalue weighted by Crippen LogP contribution is -2.46. The van der Waals surface area contributed by atoms with E-state index in [9.17, 15) is 10.1 Å². The second-order valence-electron chi connectivity index (χ2n) is 6.10. The molecule has 0 saturated carbocycles. The summed E-state index contributed by atoms with van der Waals surface area (Å²) >= 11 is 0. The summed E-state index contributed by atoms with van der Waals surface area (Å²) in [4.78, 5) is 11.2. The highest BCUT2D eigenvalue weighted by atomic mass is 16.6. The predicted molar refractivity (Wildman–Crippen MR) is 101 cm³/mol. The molecule has 0 aliphatic carbocycles. The molecule has 140 valence electrons. The van der Waals surface area contributed by atoms with Gasteiger partial charge in [0.15, 0.2) is 0 Å². The van der Waals surface area contributed by atoms with Gasteiger partial charge in [0.2, 0.25) is 6.04 Å². The van der Waals surface area contributed by atoms with Gasteiger partial charge in [0, 0.05) is 17.9 Å². The Bertz CT molecular complexity index is 661. The standard InChI is InChI=1S/C20H26N2O4/c1-3-20(22(23)24)19(15-26-14-17-7-5-4-6-8-17)21-13-16-9-11-18(25-2)12-10-16/h4-12,19-21H,3,13-15H2,1-2H3/t19-,20-/m1/s1. The monoisotopic (exact) mass is 358 g/mol. The van der Waals surface area contributed by atoms with Crippen LogP contribution >= 0.6 is 0 Å². The number of nitrogens with zero attached hydrogens (tertiary/aromatic N) is 1. The maximum absolute atomic E-state index is 11.4. The average molecular weight is 358 g/mol. The van der Waals surface area contributed by atoms with Gasteiger partial charge in [-0.05, 0) is 23.3 Å². The Morgan fingerprint density at radius 2 is 1.77 bits per heavy atom. The number of rotatable bonds is 11. The van der Waals surface area contributed by atoms with Gasteiger partial charge in [-0.15, -0.1) is 0 Å². The summed E-state index contributed by atoms with van der Waals surface area (Å²) in [5.74, 6) is 0.785. The van der Waals surface area contributed by atoms with Crippen LogP contribution in [-0.4, -0.2) is 30.7 Å². The van der Waals surface area contributed by atoms with Gasteiger partial charge >= 0.3 is 0 Å². The van der Waals surface area contributed by atoms with Crippen molar-refractivity contribution in [1.29, 1.82) is 0 Å². The summed E-state index contributed by atoms with van der Waals surface area (Å²) < 4.78 is 10.9. The topological polar surface area (TPSA) is 73.6 Å². The van der Waals surface area contributed by atoms with E-state index in [1.807, 2.05) is 61.5 Å². The van der Waals surface area contributed by atoms with Gasteiger partial charge in [0.25, 0.3) is 0 Å². The van der Waals surface area contributed by atoms with Crippen LogP contribution in [0.25, 0.3) is 0 Å². The average Bonchev–Trinajstić information content (AvgIpc) is 2.67. The highest BCUT2D eigenvalue weighted by Crippen LogP contribution is 2.12. The predicted octanol–water partition coefficient (Wildman–Crippen LogP) is 3.43. The van der Waals surface area contributed by atoms with Crippen molar-refractivity contribution < 1.29 is 14.4 Å². The molecule has 2 aromatic rings. The maximum atomic E-state index is 11.4. The molecule has 0 radical (unpaired) electrons. The SMILES string of the molecule is CC[C@H]([C@@H](COCc1ccccc1)NCc1ccc(OC)cc1)[N+](=O)[O-]. The number of benzene rings is 2. The molecular formula is C20H26N2O4. The molecule has 0 bridgehead atoms. The molecule has 6 heteroatoms. The van der Waals surface area contributed by atoms with Gasteiger partial charge in [0.05, 0.1) is 26.4 Å². The molecule has 0 fully saturated rings. The minimum Gasteiger partial charge on any atom is -0.497 e. The Hall–Kier alpha value is -2.44. The van der Waals surface area contributed by atoms with E-state index >= 15 is 0 Å². The molecule has 0 amide bonds. The minimum atomic E-state index is -0.691. The van der Waals surface area contributed by atoms with E-state index in [0.29, 0.717) is 19.6 Å². The van der Waals surface area contributed by atoms with E-state index in [1.165, 1.54) is 0 Å². The quantitative estimate of drug-likeness (QED) is 0.492.